The lowest BCUT2D eigenvalue weighted by Crippen LogP contribution is -2.32. The number of anilines is 1. The summed E-state index contributed by atoms with van der Waals surface area (Å²) in [4.78, 5) is 48.2. The van der Waals surface area contributed by atoms with Gasteiger partial charge >= 0.3 is 11.7 Å². The molecule has 1 amide bonds. The molecule has 2 aromatic rings. The van der Waals surface area contributed by atoms with Crippen molar-refractivity contribution in [3.63, 3.8) is 0 Å². The fraction of sp³-hybridized carbons (Fsp3) is 0.250. The van der Waals surface area contributed by atoms with Crippen LogP contribution in [0.2, 0.25) is 0 Å². The summed E-state index contributed by atoms with van der Waals surface area (Å²) in [7, 11) is 0. The number of carbonyl (C=O) groups excluding carboxylic acids is 2. The number of rotatable bonds is 5. The number of hydrogen-bond acceptors (Lipinski definition) is 5. The van der Waals surface area contributed by atoms with E-state index in [2.05, 4.69) is 10.3 Å². The molecule has 1 aromatic carbocycles. The number of nitrogens with zero attached hydrogens (tertiary/aromatic N) is 1. The minimum atomic E-state index is -0.663. The van der Waals surface area contributed by atoms with Gasteiger partial charge in [0, 0.05) is 18.0 Å². The second-order valence-electron chi connectivity index (χ2n) is 5.32. The number of H-pyrrole nitrogens is 1. The molecule has 1 aromatic heterocycles. The highest BCUT2D eigenvalue weighted by molar-refractivity contribution is 5.93. The third-order valence-electron chi connectivity index (χ3n) is 2.96. The summed E-state index contributed by atoms with van der Waals surface area (Å²) in [5, 5.41) is 2.60. The molecule has 0 unspecified atom stereocenters. The molecule has 8 nitrogen and oxygen atoms in total. The van der Waals surface area contributed by atoms with Crippen molar-refractivity contribution < 1.29 is 14.3 Å². The summed E-state index contributed by atoms with van der Waals surface area (Å²) in [6.07, 6.45) is 1.03. The van der Waals surface area contributed by atoms with E-state index in [-0.39, 0.29) is 12.6 Å². The summed E-state index contributed by atoms with van der Waals surface area (Å²) in [5.41, 5.74) is -0.345. The molecule has 0 aliphatic heterocycles. The normalized spacial score (nSPS) is 10.5. The van der Waals surface area contributed by atoms with Crippen LogP contribution in [-0.2, 0) is 16.1 Å². The molecular weight excluding hydrogens is 314 g/mol. The Morgan fingerprint density at radius 1 is 1.17 bits per heavy atom. The Kier molecular flexibility index (Phi) is 5.31. The second-order valence-corrected chi connectivity index (χ2v) is 5.32. The number of nitrogens with one attached hydrogen (secondary N) is 2. The first-order chi connectivity index (χ1) is 11.3. The van der Waals surface area contributed by atoms with Gasteiger partial charge in [-0.1, -0.05) is 0 Å². The summed E-state index contributed by atoms with van der Waals surface area (Å²) in [6.45, 7) is 3.27. The van der Waals surface area contributed by atoms with Crippen molar-refractivity contribution in [3.8, 4) is 0 Å². The minimum Gasteiger partial charge on any atom is -0.459 e. The molecule has 0 fully saturated rings. The molecule has 0 aliphatic carbocycles. The number of carbonyl (C=O) groups is 2. The molecule has 0 aliphatic rings. The van der Waals surface area contributed by atoms with Gasteiger partial charge in [-0.25, -0.2) is 9.59 Å². The van der Waals surface area contributed by atoms with Crippen LogP contribution in [0.3, 0.4) is 0 Å². The van der Waals surface area contributed by atoms with Crippen LogP contribution < -0.4 is 16.6 Å². The Bertz CT molecular complexity index is 849. The van der Waals surface area contributed by atoms with Crippen molar-refractivity contribution in [1.29, 1.82) is 0 Å². The summed E-state index contributed by atoms with van der Waals surface area (Å²) >= 11 is 0. The van der Waals surface area contributed by atoms with E-state index in [4.69, 9.17) is 4.74 Å². The van der Waals surface area contributed by atoms with Gasteiger partial charge in [-0.3, -0.25) is 19.1 Å². The fourth-order valence-corrected chi connectivity index (χ4v) is 1.90. The van der Waals surface area contributed by atoms with Crippen molar-refractivity contribution in [2.24, 2.45) is 0 Å². The Morgan fingerprint density at radius 2 is 1.83 bits per heavy atom. The van der Waals surface area contributed by atoms with Crippen molar-refractivity contribution in [2.75, 3.05) is 5.32 Å². The fourth-order valence-electron chi connectivity index (χ4n) is 1.90. The maximum Gasteiger partial charge on any atom is 0.338 e. The molecule has 24 heavy (non-hydrogen) atoms. The van der Waals surface area contributed by atoms with Gasteiger partial charge in [-0.2, -0.15) is 0 Å². The van der Waals surface area contributed by atoms with Crippen LogP contribution in [0.5, 0.6) is 0 Å². The molecule has 0 saturated heterocycles. The predicted molar refractivity (Wildman–Crippen MR) is 86.9 cm³/mol. The Balaban J connectivity index is 2.00. The average Bonchev–Trinajstić information content (AvgIpc) is 2.50. The van der Waals surface area contributed by atoms with Gasteiger partial charge in [-0.15, -0.1) is 0 Å². The Hall–Kier alpha value is -3.16. The molecular formula is C16H17N3O5. The van der Waals surface area contributed by atoms with Gasteiger partial charge in [0.25, 0.3) is 5.56 Å². The lowest BCUT2D eigenvalue weighted by molar-refractivity contribution is -0.116. The quantitative estimate of drug-likeness (QED) is 0.785. The maximum atomic E-state index is 11.9. The highest BCUT2D eigenvalue weighted by Gasteiger charge is 2.10. The van der Waals surface area contributed by atoms with Gasteiger partial charge in [0.1, 0.15) is 6.54 Å². The van der Waals surface area contributed by atoms with Crippen LogP contribution in [0.4, 0.5) is 5.69 Å². The second kappa shape index (κ2) is 7.40. The first-order valence-corrected chi connectivity index (χ1v) is 7.26. The van der Waals surface area contributed by atoms with Crippen molar-refractivity contribution in [1.82, 2.24) is 9.55 Å². The molecule has 8 heteroatoms. The number of hydrogen-bond donors (Lipinski definition) is 2. The molecule has 1 heterocycles. The van der Waals surface area contributed by atoms with E-state index in [0.29, 0.717) is 11.3 Å². The van der Waals surface area contributed by atoms with Crippen molar-refractivity contribution >= 4 is 17.6 Å². The molecule has 0 radical (unpaired) electrons. The first-order valence-electron chi connectivity index (χ1n) is 7.26. The zero-order valence-electron chi connectivity index (χ0n) is 13.2. The molecule has 126 valence electrons. The highest BCUT2D eigenvalue weighted by atomic mass is 16.5. The van der Waals surface area contributed by atoms with E-state index in [1.807, 2.05) is 0 Å². The predicted octanol–water partition coefficient (Wildman–Crippen LogP) is 0.741. The SMILES string of the molecule is CC(C)OC(=O)c1ccc(NC(=O)Cn2ccc(=O)[nH]c2=O)cc1. The molecule has 0 saturated carbocycles. The number of ether oxygens (including phenoxy) is 1. The van der Waals surface area contributed by atoms with E-state index >= 15 is 0 Å². The monoisotopic (exact) mass is 331 g/mol. The van der Waals surface area contributed by atoms with Gasteiger partial charge in [0.05, 0.1) is 11.7 Å². The van der Waals surface area contributed by atoms with E-state index in [1.54, 1.807) is 26.0 Å². The van der Waals surface area contributed by atoms with Gasteiger partial charge in [0.2, 0.25) is 5.91 Å². The number of aromatic nitrogens is 2. The third kappa shape index (κ3) is 4.67. The van der Waals surface area contributed by atoms with Gasteiger partial charge in [0.15, 0.2) is 0 Å². The average molecular weight is 331 g/mol. The van der Waals surface area contributed by atoms with E-state index in [0.717, 1.165) is 10.6 Å². The molecule has 0 bridgehead atoms. The molecule has 0 spiro atoms. The van der Waals surface area contributed by atoms with E-state index in [1.165, 1.54) is 18.3 Å². The Labute approximate surface area is 137 Å². The number of benzene rings is 1. The summed E-state index contributed by atoms with van der Waals surface area (Å²) in [5.74, 6) is -0.885. The summed E-state index contributed by atoms with van der Waals surface area (Å²) in [6, 6.07) is 7.34. The standard InChI is InChI=1S/C16H17N3O5/c1-10(2)24-15(22)11-3-5-12(6-4-11)17-14(21)9-19-8-7-13(20)18-16(19)23/h3-8,10H,9H2,1-2H3,(H,17,21)(H,18,20,23). The Morgan fingerprint density at radius 3 is 2.42 bits per heavy atom. The lowest BCUT2D eigenvalue weighted by atomic mass is 10.2. The van der Waals surface area contributed by atoms with Crippen LogP contribution >= 0.6 is 0 Å². The van der Waals surface area contributed by atoms with Crippen molar-refractivity contribution in [2.45, 2.75) is 26.5 Å². The van der Waals surface area contributed by atoms with Gasteiger partial charge in [-0.05, 0) is 38.1 Å². The first kappa shape index (κ1) is 17.2. The minimum absolute atomic E-state index is 0.215. The third-order valence-corrected chi connectivity index (χ3v) is 2.96. The van der Waals surface area contributed by atoms with Crippen LogP contribution in [0, 0.1) is 0 Å². The van der Waals surface area contributed by atoms with E-state index in [9.17, 15) is 19.2 Å². The van der Waals surface area contributed by atoms with Crippen LogP contribution in [0.25, 0.3) is 0 Å². The smallest absolute Gasteiger partial charge is 0.338 e. The molecule has 0 atom stereocenters. The summed E-state index contributed by atoms with van der Waals surface area (Å²) < 4.78 is 6.14. The maximum absolute atomic E-state index is 11.9. The van der Waals surface area contributed by atoms with Crippen LogP contribution in [0.15, 0.2) is 46.1 Å². The van der Waals surface area contributed by atoms with E-state index < -0.39 is 23.1 Å². The van der Waals surface area contributed by atoms with Gasteiger partial charge < -0.3 is 10.1 Å². The van der Waals surface area contributed by atoms with Crippen LogP contribution in [0.1, 0.15) is 24.2 Å². The zero-order chi connectivity index (χ0) is 17.7. The number of esters is 1. The zero-order valence-corrected chi connectivity index (χ0v) is 13.2. The highest BCUT2D eigenvalue weighted by Crippen LogP contribution is 2.11. The van der Waals surface area contributed by atoms with Crippen LogP contribution in [-0.4, -0.2) is 27.5 Å². The van der Waals surface area contributed by atoms with Crippen molar-refractivity contribution in [3.05, 3.63) is 62.9 Å². The molecule has 2 N–H and O–H groups in total. The molecule has 2 rings (SSSR count). The largest absolute Gasteiger partial charge is 0.459 e. The number of aromatic amines is 1. The lowest BCUT2D eigenvalue weighted by Gasteiger charge is -2.09. The number of amides is 1. The topological polar surface area (TPSA) is 110 Å².